The third kappa shape index (κ3) is 1.80. The topological polar surface area (TPSA) is 26.3 Å². The Kier molecular flexibility index (Phi) is 2.02. The van der Waals surface area contributed by atoms with E-state index in [0.717, 1.165) is 16.7 Å². The molecule has 1 aromatic carbocycles. The molecule has 0 spiro atoms. The van der Waals surface area contributed by atoms with Crippen molar-refractivity contribution in [3.63, 3.8) is 0 Å². The quantitative estimate of drug-likeness (QED) is 0.501. The lowest BCUT2D eigenvalue weighted by Crippen LogP contribution is -2.00. The molecule has 0 fully saturated rings. The molecule has 1 aromatic rings. The van der Waals surface area contributed by atoms with Crippen LogP contribution in [0.3, 0.4) is 0 Å². The highest BCUT2D eigenvalue weighted by Crippen LogP contribution is 2.34. The lowest BCUT2D eigenvalue weighted by molar-refractivity contribution is -0.131. The number of carbonyl (C=O) groups is 1. The second-order valence-corrected chi connectivity index (χ2v) is 5.23. The van der Waals surface area contributed by atoms with Gasteiger partial charge in [0, 0.05) is 11.0 Å². The van der Waals surface area contributed by atoms with E-state index in [2.05, 4.69) is 44.2 Å². The first-order valence-electron chi connectivity index (χ1n) is 5.80. The number of fused-ring (bicyclic) bond motifs is 2. The summed E-state index contributed by atoms with van der Waals surface area (Å²) in [5.74, 6) is 0.556. The molecule has 1 heterocycles. The van der Waals surface area contributed by atoms with Gasteiger partial charge in [0.25, 0.3) is 0 Å². The Hall–Kier alpha value is -1.83. The summed E-state index contributed by atoms with van der Waals surface area (Å²) in [7, 11) is 0. The van der Waals surface area contributed by atoms with E-state index in [1.54, 1.807) is 0 Å². The molecule has 0 N–H and O–H groups in total. The van der Waals surface area contributed by atoms with Crippen LogP contribution >= 0.6 is 0 Å². The van der Waals surface area contributed by atoms with Crippen molar-refractivity contribution in [2.75, 3.05) is 0 Å². The molecule has 2 nitrogen and oxygen atoms in total. The maximum absolute atomic E-state index is 11.2. The minimum absolute atomic E-state index is 0.0696. The zero-order chi connectivity index (χ0) is 12.0. The van der Waals surface area contributed by atoms with Crippen LogP contribution in [0.5, 0.6) is 5.75 Å². The average Bonchev–Trinajstić information content (AvgIpc) is 2.54. The summed E-state index contributed by atoms with van der Waals surface area (Å²) < 4.78 is 5.17. The van der Waals surface area contributed by atoms with E-state index in [9.17, 15) is 4.79 Å². The number of carbonyl (C=O) groups excluding carboxylic acids is 1. The molecule has 3 rings (SSSR count). The summed E-state index contributed by atoms with van der Waals surface area (Å²) in [4.78, 5) is 11.2. The van der Waals surface area contributed by atoms with Gasteiger partial charge in [-0.3, -0.25) is 4.79 Å². The number of benzene rings is 1. The van der Waals surface area contributed by atoms with Crippen molar-refractivity contribution >= 4 is 18.1 Å². The Morgan fingerprint density at radius 2 is 1.76 bits per heavy atom. The number of ether oxygens (including phenoxy) is 1. The molecule has 2 heteroatoms. The van der Waals surface area contributed by atoms with E-state index in [-0.39, 0.29) is 11.4 Å². The molecule has 0 saturated carbocycles. The fourth-order valence-corrected chi connectivity index (χ4v) is 2.16. The lowest BCUT2D eigenvalue weighted by Gasteiger charge is -2.12. The number of hydrogen-bond acceptors (Lipinski definition) is 2. The number of allylic oxidation sites excluding steroid dienone is 2. The van der Waals surface area contributed by atoms with Gasteiger partial charge in [0.15, 0.2) is 0 Å². The van der Waals surface area contributed by atoms with Gasteiger partial charge in [0.1, 0.15) is 5.75 Å². The SMILES string of the molecule is CC1(C)C=Cc2cc3c(cc2C=C1)OC(=O)C3. The van der Waals surface area contributed by atoms with Crippen LogP contribution in [-0.4, -0.2) is 5.97 Å². The number of esters is 1. The Balaban J connectivity index is 2.13. The van der Waals surface area contributed by atoms with Gasteiger partial charge in [-0.25, -0.2) is 0 Å². The van der Waals surface area contributed by atoms with E-state index >= 15 is 0 Å². The number of hydrogen-bond donors (Lipinski definition) is 0. The van der Waals surface area contributed by atoms with E-state index in [1.165, 1.54) is 0 Å². The zero-order valence-corrected chi connectivity index (χ0v) is 9.99. The Morgan fingerprint density at radius 1 is 1.12 bits per heavy atom. The van der Waals surface area contributed by atoms with E-state index in [4.69, 9.17) is 4.74 Å². The van der Waals surface area contributed by atoms with E-state index < -0.39 is 0 Å². The molecule has 0 aromatic heterocycles. The van der Waals surface area contributed by atoms with Crippen molar-refractivity contribution in [3.05, 3.63) is 41.0 Å². The second kappa shape index (κ2) is 3.33. The number of rotatable bonds is 0. The zero-order valence-electron chi connectivity index (χ0n) is 9.99. The first-order chi connectivity index (χ1) is 8.03. The Bertz CT molecular complexity index is 516. The van der Waals surface area contributed by atoms with Crippen LogP contribution in [0.15, 0.2) is 24.3 Å². The lowest BCUT2D eigenvalue weighted by atomic mass is 9.93. The van der Waals surface area contributed by atoms with Gasteiger partial charge in [0.2, 0.25) is 0 Å². The van der Waals surface area contributed by atoms with Crippen molar-refractivity contribution < 1.29 is 9.53 Å². The van der Waals surface area contributed by atoms with Crippen molar-refractivity contribution in [2.45, 2.75) is 20.3 Å². The minimum atomic E-state index is -0.159. The molecule has 1 aliphatic carbocycles. The largest absolute Gasteiger partial charge is 0.426 e. The highest BCUT2D eigenvalue weighted by atomic mass is 16.5. The maximum Gasteiger partial charge on any atom is 0.315 e. The van der Waals surface area contributed by atoms with Crippen molar-refractivity contribution in [1.82, 2.24) is 0 Å². The van der Waals surface area contributed by atoms with Crippen LogP contribution < -0.4 is 4.74 Å². The van der Waals surface area contributed by atoms with Crippen LogP contribution in [-0.2, 0) is 11.2 Å². The predicted octanol–water partition coefficient (Wildman–Crippen LogP) is 3.21. The minimum Gasteiger partial charge on any atom is -0.426 e. The van der Waals surface area contributed by atoms with Gasteiger partial charge in [-0.05, 0) is 23.3 Å². The Labute approximate surface area is 101 Å². The molecule has 86 valence electrons. The van der Waals surface area contributed by atoms with Crippen LogP contribution in [0, 0.1) is 5.41 Å². The first-order valence-corrected chi connectivity index (χ1v) is 5.80. The molecule has 0 bridgehead atoms. The Morgan fingerprint density at radius 3 is 2.47 bits per heavy atom. The molecule has 0 saturated heterocycles. The van der Waals surface area contributed by atoms with Gasteiger partial charge < -0.3 is 4.74 Å². The van der Waals surface area contributed by atoms with Crippen molar-refractivity contribution in [2.24, 2.45) is 5.41 Å². The summed E-state index contributed by atoms with van der Waals surface area (Å²) >= 11 is 0. The van der Waals surface area contributed by atoms with Gasteiger partial charge >= 0.3 is 5.97 Å². The normalized spacial score (nSPS) is 19.5. The molecular weight excluding hydrogens is 212 g/mol. The average molecular weight is 226 g/mol. The van der Waals surface area contributed by atoms with Crippen molar-refractivity contribution in [3.8, 4) is 5.75 Å². The maximum atomic E-state index is 11.2. The van der Waals surface area contributed by atoms with Gasteiger partial charge in [-0.2, -0.15) is 0 Å². The smallest absolute Gasteiger partial charge is 0.315 e. The van der Waals surface area contributed by atoms with Gasteiger partial charge in [-0.15, -0.1) is 0 Å². The third-order valence-corrected chi connectivity index (χ3v) is 3.21. The highest BCUT2D eigenvalue weighted by molar-refractivity contribution is 5.83. The molecule has 0 amide bonds. The van der Waals surface area contributed by atoms with Crippen LogP contribution in [0.1, 0.15) is 30.5 Å². The fourth-order valence-electron chi connectivity index (χ4n) is 2.16. The first kappa shape index (κ1) is 10.3. The van der Waals surface area contributed by atoms with Gasteiger partial charge in [-0.1, -0.05) is 38.2 Å². The van der Waals surface area contributed by atoms with Crippen LogP contribution in [0.25, 0.3) is 12.2 Å². The second-order valence-electron chi connectivity index (χ2n) is 5.23. The monoisotopic (exact) mass is 226 g/mol. The van der Waals surface area contributed by atoms with Crippen LogP contribution in [0.4, 0.5) is 0 Å². The molecule has 2 aliphatic rings. The summed E-state index contributed by atoms with van der Waals surface area (Å²) in [6.07, 6.45) is 8.96. The van der Waals surface area contributed by atoms with Gasteiger partial charge in [0.05, 0.1) is 6.42 Å². The molecular formula is C15H14O2. The predicted molar refractivity (Wildman–Crippen MR) is 67.6 cm³/mol. The molecule has 1 aliphatic heterocycles. The van der Waals surface area contributed by atoms with Crippen LogP contribution in [0.2, 0.25) is 0 Å². The van der Waals surface area contributed by atoms with Crippen molar-refractivity contribution in [1.29, 1.82) is 0 Å². The molecule has 0 atom stereocenters. The summed E-state index contributed by atoms with van der Waals surface area (Å²) in [5.41, 5.74) is 3.33. The summed E-state index contributed by atoms with van der Waals surface area (Å²) in [6, 6.07) is 4.01. The van der Waals surface area contributed by atoms with E-state index in [0.29, 0.717) is 12.2 Å². The third-order valence-electron chi connectivity index (χ3n) is 3.21. The standard InChI is InChI=1S/C15H14O2/c1-15(2)5-3-10-7-12-9-14(16)17-13(12)8-11(10)4-6-15/h3-8H,9H2,1-2H3. The summed E-state index contributed by atoms with van der Waals surface area (Å²) in [6.45, 7) is 4.33. The molecule has 17 heavy (non-hydrogen) atoms. The molecule has 0 unspecified atom stereocenters. The molecule has 0 radical (unpaired) electrons. The van der Waals surface area contributed by atoms with E-state index in [1.807, 2.05) is 6.07 Å². The fraction of sp³-hybridized carbons (Fsp3) is 0.267. The highest BCUT2D eigenvalue weighted by Gasteiger charge is 2.22. The summed E-state index contributed by atoms with van der Waals surface area (Å²) in [5, 5.41) is 0.